The molecule has 1 aromatic carbocycles. The molecule has 6 nitrogen and oxygen atoms in total. The summed E-state index contributed by atoms with van der Waals surface area (Å²) in [5, 5.41) is 13.4. The Hall–Kier alpha value is -3.33. The predicted molar refractivity (Wildman–Crippen MR) is 107 cm³/mol. The minimum atomic E-state index is 0.134. The standard InChI is InChI=1S/C22H24N4O2/c1-4-16(3)28-20-12-17(5-2)6-7-19(20)15-27-22-9-11-25-26(22)21-13-18(14-23)8-10-24-21/h6-13,16H,4-5,15H2,1-3H3. The number of pyridine rings is 1. The molecule has 0 spiro atoms. The highest BCUT2D eigenvalue weighted by molar-refractivity contribution is 5.39. The molecule has 28 heavy (non-hydrogen) atoms. The minimum absolute atomic E-state index is 0.134. The molecular formula is C22H24N4O2. The third kappa shape index (κ3) is 4.49. The summed E-state index contributed by atoms with van der Waals surface area (Å²) < 4.78 is 13.7. The normalized spacial score (nSPS) is 11.6. The summed E-state index contributed by atoms with van der Waals surface area (Å²) in [6.07, 6.45) is 5.25. The van der Waals surface area contributed by atoms with E-state index in [1.54, 1.807) is 35.3 Å². The van der Waals surface area contributed by atoms with Crippen molar-refractivity contribution in [2.45, 2.75) is 46.3 Å². The SMILES string of the molecule is CCc1ccc(COc2ccnn2-c2cc(C#N)ccn2)c(OC(C)CC)c1. The second kappa shape index (κ2) is 9.05. The largest absolute Gasteiger partial charge is 0.490 e. The Balaban J connectivity index is 1.82. The van der Waals surface area contributed by atoms with E-state index < -0.39 is 0 Å². The molecule has 0 aliphatic carbocycles. The first kappa shape index (κ1) is 19.4. The summed E-state index contributed by atoms with van der Waals surface area (Å²) in [4.78, 5) is 4.28. The van der Waals surface area contributed by atoms with Crippen LogP contribution in [0.25, 0.3) is 5.82 Å². The molecule has 0 radical (unpaired) electrons. The lowest BCUT2D eigenvalue weighted by Crippen LogP contribution is -2.12. The van der Waals surface area contributed by atoms with Crippen LogP contribution in [0.3, 0.4) is 0 Å². The van der Waals surface area contributed by atoms with E-state index in [2.05, 4.69) is 49.1 Å². The zero-order chi connectivity index (χ0) is 19.9. The van der Waals surface area contributed by atoms with E-state index >= 15 is 0 Å². The van der Waals surface area contributed by atoms with E-state index in [1.165, 1.54) is 5.56 Å². The molecule has 0 fully saturated rings. The number of benzene rings is 1. The van der Waals surface area contributed by atoms with Crippen molar-refractivity contribution in [1.29, 1.82) is 5.26 Å². The first-order chi connectivity index (χ1) is 13.6. The summed E-state index contributed by atoms with van der Waals surface area (Å²) in [7, 11) is 0. The topological polar surface area (TPSA) is 73.0 Å². The molecule has 0 N–H and O–H groups in total. The maximum Gasteiger partial charge on any atom is 0.218 e. The van der Waals surface area contributed by atoms with Gasteiger partial charge in [-0.25, -0.2) is 4.98 Å². The first-order valence-electron chi connectivity index (χ1n) is 9.46. The number of hydrogen-bond acceptors (Lipinski definition) is 5. The Morgan fingerprint density at radius 3 is 2.75 bits per heavy atom. The van der Waals surface area contributed by atoms with Crippen molar-refractivity contribution in [3.05, 3.63) is 65.5 Å². The summed E-state index contributed by atoms with van der Waals surface area (Å²) in [6, 6.07) is 13.4. The van der Waals surface area contributed by atoms with Gasteiger partial charge in [-0.3, -0.25) is 0 Å². The average Bonchev–Trinajstić information content (AvgIpc) is 3.21. The quantitative estimate of drug-likeness (QED) is 0.580. The second-order valence-electron chi connectivity index (χ2n) is 6.52. The fourth-order valence-corrected chi connectivity index (χ4v) is 2.68. The number of hydrogen-bond donors (Lipinski definition) is 0. The number of ether oxygens (including phenoxy) is 2. The van der Waals surface area contributed by atoms with Crippen LogP contribution in [-0.2, 0) is 13.0 Å². The molecular weight excluding hydrogens is 352 g/mol. The lowest BCUT2D eigenvalue weighted by Gasteiger charge is -2.18. The summed E-state index contributed by atoms with van der Waals surface area (Å²) in [5.74, 6) is 1.94. The van der Waals surface area contributed by atoms with Gasteiger partial charge >= 0.3 is 0 Å². The Morgan fingerprint density at radius 2 is 2.00 bits per heavy atom. The Kier molecular flexibility index (Phi) is 6.28. The summed E-state index contributed by atoms with van der Waals surface area (Å²) in [6.45, 7) is 6.64. The lowest BCUT2D eigenvalue weighted by molar-refractivity contribution is 0.207. The van der Waals surface area contributed by atoms with Crippen molar-refractivity contribution >= 4 is 0 Å². The maximum absolute atomic E-state index is 9.09. The smallest absolute Gasteiger partial charge is 0.218 e. The third-order valence-corrected chi connectivity index (χ3v) is 4.52. The molecule has 0 aliphatic rings. The molecule has 1 atom stereocenters. The van der Waals surface area contributed by atoms with Gasteiger partial charge in [-0.15, -0.1) is 0 Å². The van der Waals surface area contributed by atoms with Crippen molar-refractivity contribution in [2.75, 3.05) is 0 Å². The van der Waals surface area contributed by atoms with Crippen molar-refractivity contribution in [3.8, 4) is 23.5 Å². The summed E-state index contributed by atoms with van der Waals surface area (Å²) in [5.41, 5.74) is 2.72. The monoisotopic (exact) mass is 376 g/mol. The molecule has 0 aliphatic heterocycles. The van der Waals surface area contributed by atoms with Crippen LogP contribution < -0.4 is 9.47 Å². The van der Waals surface area contributed by atoms with Crippen LogP contribution in [0, 0.1) is 11.3 Å². The summed E-state index contributed by atoms with van der Waals surface area (Å²) >= 11 is 0. The van der Waals surface area contributed by atoms with Crippen LogP contribution in [0.5, 0.6) is 11.6 Å². The van der Waals surface area contributed by atoms with Gasteiger partial charge in [0.05, 0.1) is 23.9 Å². The maximum atomic E-state index is 9.09. The van der Waals surface area contributed by atoms with Crippen LogP contribution in [0.2, 0.25) is 0 Å². The van der Waals surface area contributed by atoms with Crippen molar-refractivity contribution in [1.82, 2.24) is 14.8 Å². The number of rotatable bonds is 8. The highest BCUT2D eigenvalue weighted by atomic mass is 16.5. The van der Waals surface area contributed by atoms with Crippen LogP contribution in [0.1, 0.15) is 43.9 Å². The molecule has 144 valence electrons. The van der Waals surface area contributed by atoms with Crippen LogP contribution in [0.4, 0.5) is 0 Å². The lowest BCUT2D eigenvalue weighted by atomic mass is 10.1. The van der Waals surface area contributed by atoms with E-state index in [0.29, 0.717) is 23.9 Å². The Morgan fingerprint density at radius 1 is 1.14 bits per heavy atom. The predicted octanol–water partition coefficient (Wildman–Crippen LogP) is 4.46. The third-order valence-electron chi connectivity index (χ3n) is 4.52. The first-order valence-corrected chi connectivity index (χ1v) is 9.46. The molecule has 0 saturated heterocycles. The van der Waals surface area contributed by atoms with Crippen molar-refractivity contribution in [3.63, 3.8) is 0 Å². The van der Waals surface area contributed by atoms with E-state index in [-0.39, 0.29) is 6.10 Å². The van der Waals surface area contributed by atoms with Gasteiger partial charge in [0.25, 0.3) is 0 Å². The van der Waals surface area contributed by atoms with E-state index in [1.807, 2.05) is 6.07 Å². The van der Waals surface area contributed by atoms with Gasteiger partial charge in [0, 0.05) is 23.9 Å². The zero-order valence-corrected chi connectivity index (χ0v) is 16.4. The molecule has 1 unspecified atom stereocenters. The molecule has 3 aromatic rings. The Labute approximate surface area is 165 Å². The molecule has 3 rings (SSSR count). The Bertz CT molecular complexity index is 975. The van der Waals surface area contributed by atoms with Crippen molar-refractivity contribution in [2.24, 2.45) is 0 Å². The molecule has 0 saturated carbocycles. The fraction of sp³-hybridized carbons (Fsp3) is 0.318. The molecule has 0 bridgehead atoms. The van der Waals surface area contributed by atoms with Crippen LogP contribution >= 0.6 is 0 Å². The van der Waals surface area contributed by atoms with Gasteiger partial charge in [0.2, 0.25) is 5.88 Å². The van der Waals surface area contributed by atoms with Crippen LogP contribution in [0.15, 0.2) is 48.8 Å². The molecule has 6 heteroatoms. The van der Waals surface area contributed by atoms with Crippen LogP contribution in [-0.4, -0.2) is 20.9 Å². The zero-order valence-electron chi connectivity index (χ0n) is 16.4. The number of aromatic nitrogens is 3. The van der Waals surface area contributed by atoms with E-state index in [9.17, 15) is 0 Å². The van der Waals surface area contributed by atoms with Gasteiger partial charge in [-0.2, -0.15) is 15.0 Å². The molecule has 2 heterocycles. The molecule has 2 aromatic heterocycles. The van der Waals surface area contributed by atoms with Gasteiger partial charge in [0.15, 0.2) is 5.82 Å². The number of nitrogens with zero attached hydrogens (tertiary/aromatic N) is 4. The highest BCUT2D eigenvalue weighted by Gasteiger charge is 2.12. The second-order valence-corrected chi connectivity index (χ2v) is 6.52. The highest BCUT2D eigenvalue weighted by Crippen LogP contribution is 2.25. The average molecular weight is 376 g/mol. The van der Waals surface area contributed by atoms with Crippen molar-refractivity contribution < 1.29 is 9.47 Å². The van der Waals surface area contributed by atoms with E-state index in [4.69, 9.17) is 14.7 Å². The number of nitriles is 1. The van der Waals surface area contributed by atoms with E-state index in [0.717, 1.165) is 24.2 Å². The fourth-order valence-electron chi connectivity index (χ4n) is 2.68. The van der Waals surface area contributed by atoms with Gasteiger partial charge in [0.1, 0.15) is 12.4 Å². The minimum Gasteiger partial charge on any atom is -0.490 e. The van der Waals surface area contributed by atoms with Gasteiger partial charge in [-0.05, 0) is 37.5 Å². The molecule has 0 amide bonds. The number of aryl methyl sites for hydroxylation is 1. The van der Waals surface area contributed by atoms with Gasteiger partial charge < -0.3 is 9.47 Å². The van der Waals surface area contributed by atoms with Gasteiger partial charge in [-0.1, -0.05) is 26.0 Å².